The summed E-state index contributed by atoms with van der Waals surface area (Å²) in [5.41, 5.74) is 10.6. The Morgan fingerprint density at radius 2 is 1.75 bits per heavy atom. The quantitative estimate of drug-likeness (QED) is 0.266. The molecule has 124 valence electrons. The van der Waals surface area contributed by atoms with Crippen LogP contribution in [0.5, 0.6) is 0 Å². The Balaban J connectivity index is 2.03. The van der Waals surface area contributed by atoms with Crippen molar-refractivity contribution in [1.29, 1.82) is 0 Å². The number of rotatable bonds is 7. The lowest BCUT2D eigenvalue weighted by Gasteiger charge is -2.08. The van der Waals surface area contributed by atoms with Gasteiger partial charge in [-0.05, 0) is 27.6 Å². The predicted octanol–water partition coefficient (Wildman–Crippen LogP) is 5.73. The van der Waals surface area contributed by atoms with Crippen LogP contribution in [0, 0.1) is 0 Å². The van der Waals surface area contributed by atoms with E-state index in [1.165, 1.54) is 5.56 Å². The number of nitrogens with zero attached hydrogens (tertiary/aromatic N) is 3. The molecule has 6 heteroatoms. The molecule has 24 heavy (non-hydrogen) atoms. The van der Waals surface area contributed by atoms with Gasteiger partial charge >= 0.3 is 0 Å². The second-order valence-electron chi connectivity index (χ2n) is 5.34. The van der Waals surface area contributed by atoms with Gasteiger partial charge in [-0.1, -0.05) is 59.7 Å². The molecule has 0 aliphatic heterocycles. The molecular weight excluding hydrogens is 328 g/mol. The molecule has 0 radical (unpaired) electrons. The Morgan fingerprint density at radius 1 is 1.08 bits per heavy atom. The van der Waals surface area contributed by atoms with Gasteiger partial charge in [0.1, 0.15) is 11.5 Å². The first kappa shape index (κ1) is 18.0. The van der Waals surface area contributed by atoms with Gasteiger partial charge in [-0.2, -0.15) is 8.78 Å². The Morgan fingerprint density at radius 3 is 2.33 bits per heavy atom. The fourth-order valence-corrected chi connectivity index (χ4v) is 3.78. The molecule has 0 bridgehead atoms. The molecule has 0 aliphatic carbocycles. The minimum absolute atomic E-state index is 0.0707. The molecule has 0 N–H and O–H groups in total. The standard InChI is InChI=1S/C18H18F2N3S/c1-24(12-11-14-5-3-2-4-6-14)13-17(18(19)20)15-7-9-16(10-8-15)22-23-21/h2-10H,11-13H2,1H3/q+1. The highest BCUT2D eigenvalue weighted by molar-refractivity contribution is 7.96. The predicted molar refractivity (Wildman–Crippen MR) is 97.6 cm³/mol. The zero-order valence-corrected chi connectivity index (χ0v) is 14.1. The minimum atomic E-state index is -1.65. The summed E-state index contributed by atoms with van der Waals surface area (Å²) in [6.07, 6.45) is 1.25. The second-order valence-corrected chi connectivity index (χ2v) is 7.60. The van der Waals surface area contributed by atoms with Crippen LogP contribution in [-0.2, 0) is 17.3 Å². The van der Waals surface area contributed by atoms with Gasteiger partial charge in [-0.3, -0.25) is 0 Å². The van der Waals surface area contributed by atoms with Crippen molar-refractivity contribution in [2.24, 2.45) is 5.11 Å². The van der Waals surface area contributed by atoms with Gasteiger partial charge in [0.15, 0.2) is 0 Å². The summed E-state index contributed by atoms with van der Waals surface area (Å²) in [7, 11) is -0.150. The van der Waals surface area contributed by atoms with Crippen LogP contribution in [0.25, 0.3) is 16.0 Å². The molecule has 2 aromatic rings. The maximum atomic E-state index is 13.4. The number of halogens is 2. The van der Waals surface area contributed by atoms with Crippen LogP contribution in [-0.4, -0.2) is 17.8 Å². The van der Waals surface area contributed by atoms with Gasteiger partial charge in [-0.25, -0.2) is 0 Å². The second kappa shape index (κ2) is 9.11. The van der Waals surface area contributed by atoms with E-state index < -0.39 is 6.08 Å². The van der Waals surface area contributed by atoms with Crippen molar-refractivity contribution in [2.45, 2.75) is 6.42 Å². The first-order valence-corrected chi connectivity index (χ1v) is 9.40. The molecule has 0 saturated carbocycles. The molecule has 0 aromatic heterocycles. The molecular formula is C18H18F2N3S+. The molecule has 0 amide bonds. The highest BCUT2D eigenvalue weighted by atomic mass is 32.2. The average molecular weight is 346 g/mol. The summed E-state index contributed by atoms with van der Waals surface area (Å²) in [6.45, 7) is 0. The number of azide groups is 1. The molecule has 0 fully saturated rings. The topological polar surface area (TPSA) is 48.8 Å². The monoisotopic (exact) mass is 346 g/mol. The van der Waals surface area contributed by atoms with Gasteiger partial charge in [0, 0.05) is 17.0 Å². The summed E-state index contributed by atoms with van der Waals surface area (Å²) in [5.74, 6) is 1.22. The van der Waals surface area contributed by atoms with Crippen molar-refractivity contribution in [3.63, 3.8) is 0 Å². The van der Waals surface area contributed by atoms with E-state index in [2.05, 4.69) is 22.2 Å². The van der Waals surface area contributed by atoms with E-state index in [4.69, 9.17) is 5.53 Å². The van der Waals surface area contributed by atoms with Gasteiger partial charge in [-0.15, -0.1) is 0 Å². The van der Waals surface area contributed by atoms with Crippen molar-refractivity contribution in [1.82, 2.24) is 0 Å². The van der Waals surface area contributed by atoms with Crippen LogP contribution in [0.4, 0.5) is 14.5 Å². The summed E-state index contributed by atoms with van der Waals surface area (Å²) in [4.78, 5) is 2.68. The summed E-state index contributed by atoms with van der Waals surface area (Å²) >= 11 is 0. The Labute approximate surface area is 143 Å². The Kier molecular flexibility index (Phi) is 6.85. The normalized spacial score (nSPS) is 11.5. The van der Waals surface area contributed by atoms with E-state index >= 15 is 0 Å². The van der Waals surface area contributed by atoms with Crippen molar-refractivity contribution in [2.75, 3.05) is 17.8 Å². The molecule has 0 heterocycles. The van der Waals surface area contributed by atoms with Crippen molar-refractivity contribution in [3.05, 3.63) is 82.2 Å². The molecule has 1 atom stereocenters. The van der Waals surface area contributed by atoms with E-state index in [0.717, 1.165) is 12.2 Å². The zero-order valence-electron chi connectivity index (χ0n) is 13.3. The highest BCUT2D eigenvalue weighted by Gasteiger charge is 2.20. The van der Waals surface area contributed by atoms with Gasteiger partial charge in [0.2, 0.25) is 0 Å². The molecule has 2 aromatic carbocycles. The fraction of sp³-hybridized carbons (Fsp3) is 0.222. The molecule has 0 spiro atoms. The fourth-order valence-electron chi connectivity index (χ4n) is 2.28. The molecule has 0 saturated heterocycles. The number of benzene rings is 2. The Bertz CT molecular complexity index is 735. The minimum Gasteiger partial charge on any atom is -0.173 e. The van der Waals surface area contributed by atoms with E-state index in [1.54, 1.807) is 24.3 Å². The van der Waals surface area contributed by atoms with Crippen LogP contribution in [0.2, 0.25) is 0 Å². The third kappa shape index (κ3) is 5.41. The van der Waals surface area contributed by atoms with Crippen LogP contribution >= 0.6 is 0 Å². The van der Waals surface area contributed by atoms with E-state index in [-0.39, 0.29) is 16.5 Å². The van der Waals surface area contributed by atoms with Crippen molar-refractivity contribution < 1.29 is 8.78 Å². The maximum absolute atomic E-state index is 13.4. The van der Waals surface area contributed by atoms with Crippen molar-refractivity contribution >= 4 is 22.2 Å². The summed E-state index contributed by atoms with van der Waals surface area (Å²) < 4.78 is 26.7. The van der Waals surface area contributed by atoms with Gasteiger partial charge in [0.25, 0.3) is 6.08 Å². The van der Waals surface area contributed by atoms with Crippen LogP contribution in [0.15, 0.2) is 65.8 Å². The lowest BCUT2D eigenvalue weighted by Crippen LogP contribution is -2.13. The smallest absolute Gasteiger partial charge is 0.173 e. The first-order valence-electron chi connectivity index (χ1n) is 7.43. The third-order valence-electron chi connectivity index (χ3n) is 3.58. The number of hydrogen-bond donors (Lipinski definition) is 0. The summed E-state index contributed by atoms with van der Waals surface area (Å²) in [6, 6.07) is 16.3. The zero-order chi connectivity index (χ0) is 17.4. The van der Waals surface area contributed by atoms with E-state index in [0.29, 0.717) is 17.0 Å². The lowest BCUT2D eigenvalue weighted by atomic mass is 10.1. The number of aryl methyl sites for hydroxylation is 1. The summed E-state index contributed by atoms with van der Waals surface area (Å²) in [5, 5.41) is 3.45. The van der Waals surface area contributed by atoms with Gasteiger partial charge in [0.05, 0.1) is 11.8 Å². The maximum Gasteiger partial charge on any atom is 0.278 e. The van der Waals surface area contributed by atoms with E-state index in [9.17, 15) is 8.78 Å². The SMILES string of the molecule is C[S+](CCc1ccccc1)CC(=C(F)F)c1ccc(N=[N+]=[N-])cc1. The highest BCUT2D eigenvalue weighted by Crippen LogP contribution is 2.25. The van der Waals surface area contributed by atoms with Crippen molar-refractivity contribution in [3.8, 4) is 0 Å². The third-order valence-corrected chi connectivity index (χ3v) is 5.26. The first-order chi connectivity index (χ1) is 11.6. The van der Waals surface area contributed by atoms with Crippen LogP contribution in [0.1, 0.15) is 11.1 Å². The van der Waals surface area contributed by atoms with Gasteiger partial charge < -0.3 is 0 Å². The van der Waals surface area contributed by atoms with E-state index in [1.807, 2.05) is 24.5 Å². The Hall–Kier alpha value is -2.30. The molecule has 0 aliphatic rings. The lowest BCUT2D eigenvalue weighted by molar-refractivity contribution is 0.425. The molecule has 2 rings (SSSR count). The largest absolute Gasteiger partial charge is 0.278 e. The van der Waals surface area contributed by atoms with Crippen LogP contribution in [0.3, 0.4) is 0 Å². The molecule has 3 nitrogen and oxygen atoms in total. The average Bonchev–Trinajstić information content (AvgIpc) is 2.60. The van der Waals surface area contributed by atoms with Crippen LogP contribution < -0.4 is 0 Å². The molecule has 1 unspecified atom stereocenters. The number of hydrogen-bond acceptors (Lipinski definition) is 1.